The van der Waals surface area contributed by atoms with Crippen molar-refractivity contribution < 1.29 is 4.79 Å². The summed E-state index contributed by atoms with van der Waals surface area (Å²) in [5.41, 5.74) is 1.78. The average molecular weight is 446 g/mol. The molecule has 142 valence electrons. The summed E-state index contributed by atoms with van der Waals surface area (Å²) in [6, 6.07) is 10.0. The summed E-state index contributed by atoms with van der Waals surface area (Å²) in [5.74, 6) is 5.00. The van der Waals surface area contributed by atoms with E-state index in [-0.39, 0.29) is 12.5 Å². The van der Waals surface area contributed by atoms with Crippen LogP contribution in [0, 0.1) is 0 Å². The van der Waals surface area contributed by atoms with Crippen molar-refractivity contribution in [2.45, 2.75) is 6.42 Å². The van der Waals surface area contributed by atoms with E-state index in [4.69, 9.17) is 52.2 Å². The maximum Gasteiger partial charge on any atom is 0.251 e. The highest BCUT2D eigenvalue weighted by Crippen LogP contribution is 2.22. The first-order chi connectivity index (χ1) is 12.9. The molecule has 0 fully saturated rings. The smallest absolute Gasteiger partial charge is 0.251 e. The summed E-state index contributed by atoms with van der Waals surface area (Å²) in [7, 11) is 0. The highest BCUT2D eigenvalue weighted by molar-refractivity contribution is 6.42. The molecule has 0 unspecified atom stereocenters. The quantitative estimate of drug-likeness (QED) is 0.369. The Hall–Kier alpha value is -1.79. The monoisotopic (exact) mass is 444 g/mol. The van der Waals surface area contributed by atoms with Crippen LogP contribution in [0.2, 0.25) is 20.1 Å². The fourth-order valence-electron chi connectivity index (χ4n) is 2.14. The molecule has 0 aromatic heterocycles. The molecule has 5 nitrogen and oxygen atoms in total. The zero-order valence-electron chi connectivity index (χ0n) is 14.1. The first-order valence-corrected chi connectivity index (χ1v) is 9.35. The number of nitrogens with zero attached hydrogens (tertiary/aromatic N) is 2. The van der Waals surface area contributed by atoms with Gasteiger partial charge in [0, 0.05) is 28.4 Å². The molecule has 0 heterocycles. The zero-order chi connectivity index (χ0) is 19.8. The standard InChI is InChI=1S/C18H16Cl4N4O/c19-13-6-12(7-14(20)8-13)18(27)25-10-15(26-23)9-24-4-3-11-1-2-16(21)17(22)5-11/h1-2,5-9H,3-4,10,23H2,(H,25,27). The van der Waals surface area contributed by atoms with E-state index < -0.39 is 0 Å². The Labute approximate surface area is 177 Å². The summed E-state index contributed by atoms with van der Waals surface area (Å²) in [4.78, 5) is 16.4. The molecule has 0 radical (unpaired) electrons. The number of rotatable bonds is 7. The van der Waals surface area contributed by atoms with Gasteiger partial charge in [0.05, 0.1) is 22.3 Å². The van der Waals surface area contributed by atoms with Crippen molar-refractivity contribution in [2.75, 3.05) is 13.1 Å². The first kappa shape index (κ1) is 21.5. The number of aliphatic imine (C=N–C) groups is 1. The van der Waals surface area contributed by atoms with Crippen LogP contribution in [0.15, 0.2) is 46.5 Å². The second-order valence-corrected chi connectivity index (χ2v) is 7.18. The van der Waals surface area contributed by atoms with Gasteiger partial charge in [-0.1, -0.05) is 52.5 Å². The number of benzene rings is 2. The van der Waals surface area contributed by atoms with Gasteiger partial charge in [-0.3, -0.25) is 9.79 Å². The summed E-state index contributed by atoms with van der Waals surface area (Å²) < 4.78 is 0. The van der Waals surface area contributed by atoms with Crippen LogP contribution >= 0.6 is 46.4 Å². The summed E-state index contributed by atoms with van der Waals surface area (Å²) in [6.07, 6.45) is 2.20. The van der Waals surface area contributed by atoms with Gasteiger partial charge in [-0.15, -0.1) is 0 Å². The van der Waals surface area contributed by atoms with E-state index in [2.05, 4.69) is 15.4 Å². The lowest BCUT2D eigenvalue weighted by Gasteiger charge is -2.06. The maximum atomic E-state index is 12.2. The predicted octanol–water partition coefficient (Wildman–Crippen LogP) is 4.66. The van der Waals surface area contributed by atoms with Gasteiger partial charge in [-0.25, -0.2) is 0 Å². The maximum absolute atomic E-state index is 12.2. The lowest BCUT2D eigenvalue weighted by Crippen LogP contribution is -2.30. The van der Waals surface area contributed by atoms with Crippen molar-refractivity contribution in [1.29, 1.82) is 0 Å². The van der Waals surface area contributed by atoms with E-state index >= 15 is 0 Å². The molecular weight excluding hydrogens is 430 g/mol. The number of hydrazone groups is 1. The highest BCUT2D eigenvalue weighted by atomic mass is 35.5. The van der Waals surface area contributed by atoms with Crippen LogP contribution in [0.1, 0.15) is 15.9 Å². The minimum absolute atomic E-state index is 0.121. The van der Waals surface area contributed by atoms with Gasteiger partial charge in [-0.05, 0) is 42.3 Å². The molecule has 2 rings (SSSR count). The molecule has 0 saturated carbocycles. The summed E-state index contributed by atoms with van der Waals surface area (Å²) in [6.45, 7) is 0.630. The third kappa shape index (κ3) is 7.03. The van der Waals surface area contributed by atoms with Crippen molar-refractivity contribution in [3.63, 3.8) is 0 Å². The molecule has 2 aromatic rings. The first-order valence-electron chi connectivity index (χ1n) is 7.84. The average Bonchev–Trinajstić information content (AvgIpc) is 2.63. The molecule has 3 N–H and O–H groups in total. The molecule has 2 aromatic carbocycles. The van der Waals surface area contributed by atoms with E-state index in [0.29, 0.717) is 44.3 Å². The summed E-state index contributed by atoms with van der Waals surface area (Å²) in [5, 5.41) is 8.08. The third-order valence-corrected chi connectivity index (χ3v) is 4.65. The number of nitrogens with one attached hydrogen (secondary N) is 1. The van der Waals surface area contributed by atoms with Crippen LogP contribution in [-0.4, -0.2) is 30.9 Å². The van der Waals surface area contributed by atoms with Gasteiger partial charge in [0.15, 0.2) is 0 Å². The SMILES string of the molecule is NN=C(C=NCCc1ccc(Cl)c(Cl)c1)CNC(=O)c1cc(Cl)cc(Cl)c1. The van der Waals surface area contributed by atoms with Crippen molar-refractivity contribution in [3.05, 3.63) is 67.6 Å². The number of amides is 1. The van der Waals surface area contributed by atoms with Crippen molar-refractivity contribution in [1.82, 2.24) is 5.32 Å². The van der Waals surface area contributed by atoms with E-state index in [1.165, 1.54) is 18.3 Å². The fraction of sp³-hybridized carbons (Fsp3) is 0.167. The third-order valence-electron chi connectivity index (χ3n) is 3.47. The van der Waals surface area contributed by atoms with Gasteiger partial charge in [0.25, 0.3) is 5.91 Å². The molecule has 0 saturated heterocycles. The van der Waals surface area contributed by atoms with Gasteiger partial charge in [0.1, 0.15) is 0 Å². The number of halogens is 4. The highest BCUT2D eigenvalue weighted by Gasteiger charge is 2.08. The molecule has 0 aliphatic carbocycles. The van der Waals surface area contributed by atoms with E-state index in [0.717, 1.165) is 5.56 Å². The number of hydrogen-bond donors (Lipinski definition) is 2. The molecular formula is C18H16Cl4N4O. The Kier molecular flexibility index (Phi) is 8.38. The summed E-state index contributed by atoms with van der Waals surface area (Å²) >= 11 is 23.6. The van der Waals surface area contributed by atoms with E-state index in [1.807, 2.05) is 6.07 Å². The minimum atomic E-state index is -0.343. The van der Waals surface area contributed by atoms with Gasteiger partial charge in [-0.2, -0.15) is 5.10 Å². The number of carbonyl (C=O) groups excluding carboxylic acids is 1. The van der Waals surface area contributed by atoms with Crippen molar-refractivity contribution in [2.24, 2.45) is 15.9 Å². The minimum Gasteiger partial charge on any atom is -0.346 e. The Morgan fingerprint density at radius 3 is 2.37 bits per heavy atom. The molecule has 0 aliphatic heterocycles. The molecule has 1 amide bonds. The predicted molar refractivity (Wildman–Crippen MR) is 114 cm³/mol. The number of nitrogens with two attached hydrogens (primary N) is 1. The van der Waals surface area contributed by atoms with Gasteiger partial charge >= 0.3 is 0 Å². The topological polar surface area (TPSA) is 79.8 Å². The zero-order valence-corrected chi connectivity index (χ0v) is 17.1. The van der Waals surface area contributed by atoms with Crippen molar-refractivity contribution in [3.8, 4) is 0 Å². The van der Waals surface area contributed by atoms with Gasteiger partial charge in [0.2, 0.25) is 0 Å². The van der Waals surface area contributed by atoms with Crippen molar-refractivity contribution >= 4 is 64.2 Å². The van der Waals surface area contributed by atoms with Crippen LogP contribution in [0.5, 0.6) is 0 Å². The lowest BCUT2D eigenvalue weighted by atomic mass is 10.1. The lowest BCUT2D eigenvalue weighted by molar-refractivity contribution is 0.0959. The van der Waals surface area contributed by atoms with Crippen LogP contribution in [-0.2, 0) is 6.42 Å². The fourth-order valence-corrected chi connectivity index (χ4v) is 2.99. The molecule has 9 heteroatoms. The van der Waals surface area contributed by atoms with E-state index in [9.17, 15) is 4.79 Å². The molecule has 0 aliphatic rings. The van der Waals surface area contributed by atoms with Crippen LogP contribution in [0.3, 0.4) is 0 Å². The van der Waals surface area contributed by atoms with E-state index in [1.54, 1.807) is 18.2 Å². The van der Waals surface area contributed by atoms with Crippen LogP contribution < -0.4 is 11.2 Å². The Morgan fingerprint density at radius 2 is 1.74 bits per heavy atom. The van der Waals surface area contributed by atoms with Gasteiger partial charge < -0.3 is 11.2 Å². The number of hydrogen-bond acceptors (Lipinski definition) is 4. The molecule has 0 spiro atoms. The van der Waals surface area contributed by atoms with Crippen LogP contribution in [0.25, 0.3) is 0 Å². The molecule has 0 atom stereocenters. The number of carbonyl (C=O) groups is 1. The molecule has 27 heavy (non-hydrogen) atoms. The second-order valence-electron chi connectivity index (χ2n) is 5.49. The largest absolute Gasteiger partial charge is 0.346 e. The Morgan fingerprint density at radius 1 is 1.04 bits per heavy atom. The Bertz CT molecular complexity index is 863. The molecule has 0 bridgehead atoms. The van der Waals surface area contributed by atoms with Crippen LogP contribution in [0.4, 0.5) is 0 Å². The second kappa shape index (κ2) is 10.5. The normalized spacial score (nSPS) is 11.8. The Balaban J connectivity index is 1.85.